The van der Waals surface area contributed by atoms with Crippen LogP contribution in [0.2, 0.25) is 0 Å². The minimum absolute atomic E-state index is 0.548. The summed E-state index contributed by atoms with van der Waals surface area (Å²) < 4.78 is 20.3. The Morgan fingerprint density at radius 2 is 0.885 bits per heavy atom. The Balaban J connectivity index is 0.965. The summed E-state index contributed by atoms with van der Waals surface area (Å²) in [6.07, 6.45) is 1.91. The van der Waals surface area contributed by atoms with Gasteiger partial charge in [0.15, 0.2) is 0 Å². The number of aromatic nitrogens is 2. The van der Waals surface area contributed by atoms with E-state index in [1.54, 1.807) is 14.2 Å². The van der Waals surface area contributed by atoms with E-state index in [9.17, 15) is 5.26 Å². The van der Waals surface area contributed by atoms with Crippen molar-refractivity contribution in [3.63, 3.8) is 0 Å². The SMILES string of the molecule is COc1ccc(N(c2ccc(OC)cc2)c2ccc(-c3ccc(/C=C(\C#N)c4ccc(-c5ccc(N(c6ccccc6)c6ccccc6)cc5)cc4)c4nsnc34)cc2)cc1. The molecule has 0 N–H and O–H groups in total. The van der Waals surface area contributed by atoms with Gasteiger partial charge in [-0.2, -0.15) is 14.0 Å². The third-order valence-corrected chi connectivity index (χ3v) is 11.2. The van der Waals surface area contributed by atoms with Crippen LogP contribution < -0.4 is 19.3 Å². The average molecular weight is 810 g/mol. The lowest BCUT2D eigenvalue weighted by molar-refractivity contribution is 0.415. The number of hydrogen-bond donors (Lipinski definition) is 0. The van der Waals surface area contributed by atoms with Gasteiger partial charge in [-0.25, -0.2) is 0 Å². The van der Waals surface area contributed by atoms with E-state index in [2.05, 4.69) is 131 Å². The third kappa shape index (κ3) is 8.06. The molecule has 9 aromatic rings. The molecule has 0 aliphatic carbocycles. The van der Waals surface area contributed by atoms with Crippen LogP contribution in [-0.4, -0.2) is 23.0 Å². The number of benzene rings is 8. The van der Waals surface area contributed by atoms with Gasteiger partial charge in [0.25, 0.3) is 0 Å². The lowest BCUT2D eigenvalue weighted by Crippen LogP contribution is -2.09. The maximum atomic E-state index is 10.4. The molecule has 8 heteroatoms. The van der Waals surface area contributed by atoms with Gasteiger partial charge in [-0.05, 0) is 125 Å². The van der Waals surface area contributed by atoms with E-state index in [4.69, 9.17) is 18.2 Å². The van der Waals surface area contributed by atoms with Gasteiger partial charge >= 0.3 is 0 Å². The first-order valence-electron chi connectivity index (χ1n) is 19.8. The number of nitriles is 1. The monoisotopic (exact) mass is 809 g/mol. The zero-order valence-corrected chi connectivity index (χ0v) is 34.3. The molecule has 9 rings (SSSR count). The standard InChI is InChI=1S/C53H39N5O2S/c1-59-49-30-26-47(27-31-49)58(48-28-32-50(60-2)33-29-48)46-24-19-40(20-25-46)51-34-21-41(52-53(51)56-61-55-52)35-42(36-54)39-15-13-37(14-16-39)38-17-22-45(23-18-38)57(43-9-5-3-6-10-43)44-11-7-4-8-12-44/h3-35H,1-2H3/b42-35+. The number of para-hydroxylation sites is 2. The van der Waals surface area contributed by atoms with Gasteiger partial charge in [0.1, 0.15) is 22.5 Å². The van der Waals surface area contributed by atoms with E-state index in [-0.39, 0.29) is 0 Å². The molecule has 0 unspecified atom stereocenters. The Morgan fingerprint density at radius 1 is 0.475 bits per heavy atom. The normalized spacial score (nSPS) is 11.2. The van der Waals surface area contributed by atoms with Gasteiger partial charge < -0.3 is 19.3 Å². The zero-order chi connectivity index (χ0) is 41.5. The van der Waals surface area contributed by atoms with Crippen molar-refractivity contribution in [3.8, 4) is 39.8 Å². The highest BCUT2D eigenvalue weighted by atomic mass is 32.1. The fourth-order valence-corrected chi connectivity index (χ4v) is 8.10. The maximum Gasteiger partial charge on any atom is 0.119 e. The number of methoxy groups -OCH3 is 2. The molecule has 0 saturated carbocycles. The molecule has 1 heterocycles. The minimum atomic E-state index is 0.548. The van der Waals surface area contributed by atoms with Crippen LogP contribution in [0.1, 0.15) is 11.1 Å². The van der Waals surface area contributed by atoms with Crippen LogP contribution in [0.3, 0.4) is 0 Å². The van der Waals surface area contributed by atoms with Gasteiger partial charge in [-0.1, -0.05) is 97.1 Å². The Labute approximate surface area is 359 Å². The number of anilines is 6. The van der Waals surface area contributed by atoms with Crippen molar-refractivity contribution in [2.75, 3.05) is 24.0 Å². The molecule has 0 radical (unpaired) electrons. The molecule has 0 bridgehead atoms. The van der Waals surface area contributed by atoms with Crippen molar-refractivity contribution in [1.82, 2.24) is 8.75 Å². The molecule has 0 amide bonds. The van der Waals surface area contributed by atoms with Crippen molar-refractivity contribution in [2.45, 2.75) is 0 Å². The summed E-state index contributed by atoms with van der Waals surface area (Å²) in [4.78, 5) is 4.44. The molecule has 0 atom stereocenters. The summed E-state index contributed by atoms with van der Waals surface area (Å²) in [6, 6.07) is 68.5. The van der Waals surface area contributed by atoms with Crippen molar-refractivity contribution in [3.05, 3.63) is 205 Å². The van der Waals surface area contributed by atoms with E-state index >= 15 is 0 Å². The molecule has 294 valence electrons. The van der Waals surface area contributed by atoms with Gasteiger partial charge in [-0.3, -0.25) is 0 Å². The van der Waals surface area contributed by atoms with Crippen LogP contribution in [0.25, 0.3) is 44.9 Å². The number of hydrogen-bond acceptors (Lipinski definition) is 8. The van der Waals surface area contributed by atoms with Crippen LogP contribution in [0.15, 0.2) is 194 Å². The van der Waals surface area contributed by atoms with E-state index in [1.807, 2.05) is 84.9 Å². The quantitative estimate of drug-likeness (QED) is 0.0898. The summed E-state index contributed by atoms with van der Waals surface area (Å²) in [6.45, 7) is 0. The molecule has 7 nitrogen and oxygen atoms in total. The third-order valence-electron chi connectivity index (χ3n) is 10.6. The zero-order valence-electron chi connectivity index (χ0n) is 33.5. The minimum Gasteiger partial charge on any atom is -0.497 e. The van der Waals surface area contributed by atoms with Crippen LogP contribution >= 0.6 is 11.7 Å². The second-order valence-electron chi connectivity index (χ2n) is 14.2. The fraction of sp³-hybridized carbons (Fsp3) is 0.0377. The summed E-state index contributed by atoms with van der Waals surface area (Å²) in [7, 11) is 3.34. The van der Waals surface area contributed by atoms with Crippen LogP contribution in [0.5, 0.6) is 11.5 Å². The Morgan fingerprint density at radius 3 is 1.34 bits per heavy atom. The Bertz CT molecular complexity index is 2880. The lowest BCUT2D eigenvalue weighted by Gasteiger charge is -2.26. The summed E-state index contributed by atoms with van der Waals surface area (Å²) in [5.41, 5.74) is 14.1. The van der Waals surface area contributed by atoms with Crippen molar-refractivity contribution in [1.29, 1.82) is 5.26 Å². The predicted octanol–water partition coefficient (Wildman–Crippen LogP) is 14.0. The first-order valence-corrected chi connectivity index (χ1v) is 20.5. The molecule has 1 aromatic heterocycles. The molecular formula is C53H39N5O2S. The molecule has 61 heavy (non-hydrogen) atoms. The smallest absolute Gasteiger partial charge is 0.119 e. The largest absolute Gasteiger partial charge is 0.497 e. The number of fused-ring (bicyclic) bond motifs is 1. The number of ether oxygens (including phenoxy) is 2. The second kappa shape index (κ2) is 17.5. The van der Waals surface area contributed by atoms with E-state index in [0.29, 0.717) is 5.57 Å². The molecular weight excluding hydrogens is 771 g/mol. The van der Waals surface area contributed by atoms with E-state index < -0.39 is 0 Å². The predicted molar refractivity (Wildman–Crippen MR) is 251 cm³/mol. The highest BCUT2D eigenvalue weighted by molar-refractivity contribution is 7.00. The van der Waals surface area contributed by atoms with E-state index in [0.717, 1.165) is 90.0 Å². The molecule has 8 aromatic carbocycles. The van der Waals surface area contributed by atoms with Gasteiger partial charge in [-0.15, -0.1) is 0 Å². The highest BCUT2D eigenvalue weighted by Gasteiger charge is 2.17. The van der Waals surface area contributed by atoms with Crippen molar-refractivity contribution < 1.29 is 9.47 Å². The number of allylic oxidation sites excluding steroid dienone is 1. The average Bonchev–Trinajstić information content (AvgIpc) is 3.84. The fourth-order valence-electron chi connectivity index (χ4n) is 7.52. The van der Waals surface area contributed by atoms with Crippen LogP contribution in [0.4, 0.5) is 34.1 Å². The Kier molecular flexibility index (Phi) is 11.0. The highest BCUT2D eigenvalue weighted by Crippen LogP contribution is 2.39. The van der Waals surface area contributed by atoms with Crippen LogP contribution in [0, 0.1) is 11.3 Å². The first-order chi connectivity index (χ1) is 30.1. The van der Waals surface area contributed by atoms with Crippen molar-refractivity contribution in [2.24, 2.45) is 0 Å². The molecule has 0 fully saturated rings. The number of rotatable bonds is 12. The topological polar surface area (TPSA) is 74.5 Å². The molecule has 0 spiro atoms. The van der Waals surface area contributed by atoms with Crippen LogP contribution in [-0.2, 0) is 0 Å². The molecule has 0 aliphatic heterocycles. The second-order valence-corrected chi connectivity index (χ2v) is 14.8. The van der Waals surface area contributed by atoms with Gasteiger partial charge in [0.05, 0.1) is 37.6 Å². The van der Waals surface area contributed by atoms with Gasteiger partial charge in [0.2, 0.25) is 0 Å². The summed E-state index contributed by atoms with van der Waals surface area (Å²) in [5, 5.41) is 10.4. The first kappa shape index (κ1) is 38.5. The lowest BCUT2D eigenvalue weighted by atomic mass is 9.97. The van der Waals surface area contributed by atoms with Crippen molar-refractivity contribution >= 4 is 68.5 Å². The van der Waals surface area contributed by atoms with E-state index in [1.165, 1.54) is 11.7 Å². The maximum absolute atomic E-state index is 10.4. The molecule has 0 aliphatic rings. The number of nitrogens with zero attached hydrogens (tertiary/aromatic N) is 5. The summed E-state index contributed by atoms with van der Waals surface area (Å²) >= 11 is 1.17. The Hall–Kier alpha value is -7.99. The summed E-state index contributed by atoms with van der Waals surface area (Å²) in [5.74, 6) is 1.58. The molecule has 0 saturated heterocycles. The van der Waals surface area contributed by atoms with Gasteiger partial charge in [0, 0.05) is 45.3 Å².